The first-order chi connectivity index (χ1) is 13.7. The van der Waals surface area contributed by atoms with Crippen molar-refractivity contribution >= 4 is 0 Å². The zero-order chi connectivity index (χ0) is 20.1. The Kier molecular flexibility index (Phi) is 6.52. The third kappa shape index (κ3) is 3.83. The van der Waals surface area contributed by atoms with Gasteiger partial charge >= 0.3 is 0 Å². The molecule has 6 nitrogen and oxygen atoms in total. The fourth-order valence-corrected chi connectivity index (χ4v) is 3.79. The zero-order valence-corrected chi connectivity index (χ0v) is 17.3. The van der Waals surface area contributed by atoms with E-state index in [9.17, 15) is 0 Å². The molecule has 28 heavy (non-hydrogen) atoms. The van der Waals surface area contributed by atoms with E-state index in [1.54, 1.807) is 21.3 Å². The summed E-state index contributed by atoms with van der Waals surface area (Å²) < 4.78 is 28.2. The average molecular weight is 388 g/mol. The maximum Gasteiger partial charge on any atom is 0.203 e. The summed E-state index contributed by atoms with van der Waals surface area (Å²) in [6.07, 6.45) is 0.989. The minimum atomic E-state index is 0.118. The molecule has 2 N–H and O–H groups in total. The first kappa shape index (κ1) is 20.1. The monoisotopic (exact) mass is 388 g/mol. The summed E-state index contributed by atoms with van der Waals surface area (Å²) in [4.78, 5) is 0. The van der Waals surface area contributed by atoms with Gasteiger partial charge in [-0.2, -0.15) is 0 Å². The smallest absolute Gasteiger partial charge is 0.203 e. The second-order valence-electron chi connectivity index (χ2n) is 6.57. The van der Waals surface area contributed by atoms with Crippen molar-refractivity contribution in [3.05, 3.63) is 41.0 Å². The van der Waals surface area contributed by atoms with Gasteiger partial charge in [0.25, 0.3) is 0 Å². The summed E-state index contributed by atoms with van der Waals surface area (Å²) in [7, 11) is 4.90. The van der Waals surface area contributed by atoms with Gasteiger partial charge in [-0.3, -0.25) is 0 Å². The summed E-state index contributed by atoms with van der Waals surface area (Å²) in [5.74, 6) is 3.53. The second kappa shape index (κ2) is 9.06. The SMILES string of the molecule is CCOc1cc2c(cc1OCC)[C@@H](c1cc(OC)c(OC)c(OC)c1)[NH2+]CC2. The van der Waals surface area contributed by atoms with Crippen molar-refractivity contribution in [3.8, 4) is 28.7 Å². The average Bonchev–Trinajstić information content (AvgIpc) is 2.73. The van der Waals surface area contributed by atoms with E-state index in [4.69, 9.17) is 23.7 Å². The van der Waals surface area contributed by atoms with Gasteiger partial charge in [0, 0.05) is 17.5 Å². The van der Waals surface area contributed by atoms with Crippen molar-refractivity contribution in [3.63, 3.8) is 0 Å². The predicted octanol–water partition coefficient (Wildman–Crippen LogP) is 2.72. The van der Waals surface area contributed by atoms with E-state index < -0.39 is 0 Å². The van der Waals surface area contributed by atoms with Crippen LogP contribution in [0.3, 0.4) is 0 Å². The number of quaternary nitrogens is 1. The van der Waals surface area contributed by atoms with Crippen molar-refractivity contribution in [1.82, 2.24) is 0 Å². The van der Waals surface area contributed by atoms with Gasteiger partial charge in [0.05, 0.1) is 41.1 Å². The fraction of sp³-hybridized carbons (Fsp3) is 0.455. The van der Waals surface area contributed by atoms with Crippen LogP contribution in [0, 0.1) is 0 Å². The molecule has 0 amide bonds. The van der Waals surface area contributed by atoms with Gasteiger partial charge in [-0.1, -0.05) is 0 Å². The molecule has 0 aromatic heterocycles. The van der Waals surface area contributed by atoms with Gasteiger partial charge in [0.1, 0.15) is 6.04 Å². The molecule has 0 saturated heterocycles. The highest BCUT2D eigenvalue weighted by atomic mass is 16.5. The number of hydrogen-bond acceptors (Lipinski definition) is 5. The molecule has 0 unspecified atom stereocenters. The van der Waals surface area contributed by atoms with Crippen LogP contribution >= 0.6 is 0 Å². The van der Waals surface area contributed by atoms with Gasteiger partial charge in [-0.25, -0.2) is 0 Å². The Morgan fingerprint density at radius 3 is 1.96 bits per heavy atom. The van der Waals surface area contributed by atoms with Gasteiger partial charge in [0.15, 0.2) is 23.0 Å². The number of fused-ring (bicyclic) bond motifs is 1. The van der Waals surface area contributed by atoms with Crippen LogP contribution in [0.2, 0.25) is 0 Å². The number of benzene rings is 2. The largest absolute Gasteiger partial charge is 0.493 e. The molecule has 2 aromatic rings. The third-order valence-corrected chi connectivity index (χ3v) is 5.00. The van der Waals surface area contributed by atoms with Gasteiger partial charge in [0.2, 0.25) is 5.75 Å². The van der Waals surface area contributed by atoms with E-state index in [2.05, 4.69) is 17.4 Å². The third-order valence-electron chi connectivity index (χ3n) is 5.00. The summed E-state index contributed by atoms with van der Waals surface area (Å²) >= 11 is 0. The molecule has 0 saturated carbocycles. The summed E-state index contributed by atoms with van der Waals surface area (Å²) in [6, 6.07) is 8.41. The van der Waals surface area contributed by atoms with Crippen LogP contribution in [0.25, 0.3) is 0 Å². The molecule has 1 atom stereocenters. The molecule has 1 aliphatic rings. The van der Waals surface area contributed by atoms with Crippen LogP contribution in [0.15, 0.2) is 24.3 Å². The number of ether oxygens (including phenoxy) is 5. The minimum absolute atomic E-state index is 0.118. The van der Waals surface area contributed by atoms with E-state index in [0.717, 1.165) is 30.0 Å². The first-order valence-electron chi connectivity index (χ1n) is 9.72. The predicted molar refractivity (Wildman–Crippen MR) is 107 cm³/mol. The summed E-state index contributed by atoms with van der Waals surface area (Å²) in [5.41, 5.74) is 3.61. The fourth-order valence-electron chi connectivity index (χ4n) is 3.79. The maximum atomic E-state index is 5.86. The van der Waals surface area contributed by atoms with Crippen LogP contribution in [-0.2, 0) is 6.42 Å². The van der Waals surface area contributed by atoms with Crippen LogP contribution in [0.1, 0.15) is 36.6 Å². The number of hydrogen-bond donors (Lipinski definition) is 1. The molecule has 1 heterocycles. The van der Waals surface area contributed by atoms with Crippen LogP contribution in [-0.4, -0.2) is 41.1 Å². The Morgan fingerprint density at radius 1 is 0.821 bits per heavy atom. The van der Waals surface area contributed by atoms with E-state index in [1.807, 2.05) is 26.0 Å². The quantitative estimate of drug-likeness (QED) is 0.753. The van der Waals surface area contributed by atoms with E-state index >= 15 is 0 Å². The zero-order valence-electron chi connectivity index (χ0n) is 17.3. The van der Waals surface area contributed by atoms with Crippen molar-refractivity contribution in [2.45, 2.75) is 26.3 Å². The Balaban J connectivity index is 2.10. The topological polar surface area (TPSA) is 62.8 Å². The van der Waals surface area contributed by atoms with Crippen molar-refractivity contribution < 1.29 is 29.0 Å². The standard InChI is InChI=1S/C22H29NO5/c1-6-27-17-10-14-8-9-23-21(16(14)13-18(17)28-7-2)15-11-19(24-3)22(26-5)20(12-15)25-4/h10-13,21,23H,6-9H2,1-5H3/p+1/t21-/m1/s1. The molecule has 0 bridgehead atoms. The van der Waals surface area contributed by atoms with E-state index in [1.165, 1.54) is 11.1 Å². The highest BCUT2D eigenvalue weighted by Crippen LogP contribution is 2.42. The molecular weight excluding hydrogens is 358 g/mol. The second-order valence-corrected chi connectivity index (χ2v) is 6.57. The highest BCUT2D eigenvalue weighted by molar-refractivity contribution is 5.57. The number of methoxy groups -OCH3 is 3. The van der Waals surface area contributed by atoms with Crippen molar-refractivity contribution in [1.29, 1.82) is 0 Å². The Bertz CT molecular complexity index is 796. The molecule has 0 radical (unpaired) electrons. The highest BCUT2D eigenvalue weighted by Gasteiger charge is 2.29. The Labute approximate surface area is 166 Å². The lowest BCUT2D eigenvalue weighted by Crippen LogP contribution is -2.87. The molecule has 0 aliphatic carbocycles. The van der Waals surface area contributed by atoms with Gasteiger partial charge in [-0.05, 0) is 43.7 Å². The van der Waals surface area contributed by atoms with Crippen molar-refractivity contribution in [2.24, 2.45) is 0 Å². The van der Waals surface area contributed by atoms with E-state index in [-0.39, 0.29) is 6.04 Å². The molecule has 6 heteroatoms. The van der Waals surface area contributed by atoms with Gasteiger partial charge in [-0.15, -0.1) is 0 Å². The lowest BCUT2D eigenvalue weighted by Gasteiger charge is -2.27. The Hall–Kier alpha value is -2.60. The van der Waals surface area contributed by atoms with Gasteiger partial charge < -0.3 is 29.0 Å². The number of nitrogens with two attached hydrogens (primary N) is 1. The molecule has 3 rings (SSSR count). The van der Waals surface area contributed by atoms with E-state index in [0.29, 0.717) is 30.5 Å². The first-order valence-corrected chi connectivity index (χ1v) is 9.72. The Morgan fingerprint density at radius 2 is 1.43 bits per heavy atom. The molecule has 2 aromatic carbocycles. The summed E-state index contributed by atoms with van der Waals surface area (Å²) in [5, 5.41) is 2.33. The van der Waals surface area contributed by atoms with Crippen LogP contribution in [0.5, 0.6) is 28.7 Å². The molecule has 0 fully saturated rings. The molecule has 152 valence electrons. The maximum absolute atomic E-state index is 5.86. The lowest BCUT2D eigenvalue weighted by atomic mass is 9.89. The number of rotatable bonds is 8. The molecule has 0 spiro atoms. The van der Waals surface area contributed by atoms with Crippen LogP contribution < -0.4 is 29.0 Å². The van der Waals surface area contributed by atoms with Crippen LogP contribution in [0.4, 0.5) is 0 Å². The molecular formula is C22H30NO5+. The minimum Gasteiger partial charge on any atom is -0.493 e. The lowest BCUT2D eigenvalue weighted by molar-refractivity contribution is -0.690. The normalized spacial score (nSPS) is 15.5. The van der Waals surface area contributed by atoms with Crippen molar-refractivity contribution in [2.75, 3.05) is 41.1 Å². The summed E-state index contributed by atoms with van der Waals surface area (Å²) in [6.45, 7) is 6.17. The molecule has 1 aliphatic heterocycles.